The number of carboxylic acid groups (broad SMARTS) is 1. The Kier molecular flexibility index (Phi) is 6.91. The lowest BCUT2D eigenvalue weighted by Gasteiger charge is -2.16. The number of halogens is 1. The normalized spacial score (nSPS) is 12.1. The van der Waals surface area contributed by atoms with Gasteiger partial charge in [-0.05, 0) is 30.3 Å². The third-order valence-corrected chi connectivity index (χ3v) is 5.55. The standard InChI is InChI=1S/C20H18FN5O2S.CH2O2/c1-29(27,28)19-9-8-14(21)16(25-19)11-15(22)20-18(7-4-10-23-20)26-17-6-3-2-5-13(17)12-24-26;2-1-3/h2-10,12,15H,11,22H2,1H3;1H,(H,2,3)/t15-;/m0./s1. The van der Waals surface area contributed by atoms with Gasteiger partial charge in [0, 0.05) is 24.3 Å². The summed E-state index contributed by atoms with van der Waals surface area (Å²) < 4.78 is 39.5. The first kappa shape index (κ1) is 23.0. The maximum atomic E-state index is 14.3. The number of pyridine rings is 2. The van der Waals surface area contributed by atoms with Crippen LogP contribution in [-0.4, -0.2) is 46.0 Å². The molecule has 3 N–H and O–H groups in total. The summed E-state index contributed by atoms with van der Waals surface area (Å²) in [5.41, 5.74) is 8.38. The van der Waals surface area contributed by atoms with E-state index in [2.05, 4.69) is 15.1 Å². The van der Waals surface area contributed by atoms with Gasteiger partial charge in [-0.25, -0.2) is 22.5 Å². The average molecular weight is 457 g/mol. The second-order valence-electron chi connectivity index (χ2n) is 6.79. The van der Waals surface area contributed by atoms with Crippen molar-refractivity contribution in [2.24, 2.45) is 5.73 Å². The average Bonchev–Trinajstić information content (AvgIpc) is 3.19. The van der Waals surface area contributed by atoms with Gasteiger partial charge < -0.3 is 10.8 Å². The number of benzene rings is 1. The summed E-state index contributed by atoms with van der Waals surface area (Å²) >= 11 is 0. The van der Waals surface area contributed by atoms with Crippen molar-refractivity contribution < 1.29 is 22.7 Å². The highest BCUT2D eigenvalue weighted by atomic mass is 32.2. The van der Waals surface area contributed by atoms with E-state index in [1.165, 1.54) is 0 Å². The van der Waals surface area contributed by atoms with Crippen molar-refractivity contribution in [3.05, 3.63) is 78.1 Å². The van der Waals surface area contributed by atoms with E-state index in [0.29, 0.717) is 11.4 Å². The Balaban J connectivity index is 0.000000913. The molecule has 0 saturated heterocycles. The van der Waals surface area contributed by atoms with Crippen molar-refractivity contribution in [3.8, 4) is 5.69 Å². The molecule has 4 rings (SSSR count). The van der Waals surface area contributed by atoms with Crippen molar-refractivity contribution in [1.29, 1.82) is 0 Å². The van der Waals surface area contributed by atoms with Crippen molar-refractivity contribution in [2.45, 2.75) is 17.5 Å². The number of carbonyl (C=O) groups is 1. The fourth-order valence-corrected chi connectivity index (χ4v) is 3.75. The van der Waals surface area contributed by atoms with Crippen LogP contribution < -0.4 is 5.73 Å². The van der Waals surface area contributed by atoms with Crippen LogP contribution in [0.1, 0.15) is 17.4 Å². The van der Waals surface area contributed by atoms with E-state index in [-0.39, 0.29) is 23.6 Å². The zero-order valence-electron chi connectivity index (χ0n) is 17.0. The number of hydrogen-bond donors (Lipinski definition) is 2. The highest BCUT2D eigenvalue weighted by Gasteiger charge is 2.20. The van der Waals surface area contributed by atoms with Crippen molar-refractivity contribution in [1.82, 2.24) is 19.7 Å². The maximum absolute atomic E-state index is 14.3. The van der Waals surface area contributed by atoms with Crippen LogP contribution in [0.5, 0.6) is 0 Å². The van der Waals surface area contributed by atoms with Crippen LogP contribution in [0.3, 0.4) is 0 Å². The molecule has 0 aliphatic heterocycles. The quantitative estimate of drug-likeness (QED) is 0.435. The lowest BCUT2D eigenvalue weighted by molar-refractivity contribution is -0.122. The number of aromatic nitrogens is 4. The number of fused-ring (bicyclic) bond motifs is 1. The minimum atomic E-state index is -3.56. The van der Waals surface area contributed by atoms with Gasteiger partial charge in [0.2, 0.25) is 0 Å². The Morgan fingerprint density at radius 2 is 1.91 bits per heavy atom. The highest BCUT2D eigenvalue weighted by molar-refractivity contribution is 7.90. The molecule has 0 unspecified atom stereocenters. The van der Waals surface area contributed by atoms with Gasteiger partial charge in [-0.1, -0.05) is 18.2 Å². The van der Waals surface area contributed by atoms with Crippen LogP contribution in [0.15, 0.2) is 66.0 Å². The Hall–Kier alpha value is -3.70. The van der Waals surface area contributed by atoms with Crippen LogP contribution in [0, 0.1) is 5.82 Å². The molecular weight excluding hydrogens is 437 g/mol. The van der Waals surface area contributed by atoms with E-state index in [0.717, 1.165) is 29.3 Å². The molecule has 166 valence electrons. The first-order valence-corrected chi connectivity index (χ1v) is 11.2. The van der Waals surface area contributed by atoms with Crippen molar-refractivity contribution >= 4 is 27.2 Å². The van der Waals surface area contributed by atoms with Gasteiger partial charge in [0.05, 0.1) is 34.8 Å². The molecule has 32 heavy (non-hydrogen) atoms. The van der Waals surface area contributed by atoms with E-state index in [1.807, 2.05) is 30.3 Å². The van der Waals surface area contributed by atoms with E-state index < -0.39 is 21.7 Å². The van der Waals surface area contributed by atoms with Crippen LogP contribution in [0.25, 0.3) is 16.6 Å². The summed E-state index contributed by atoms with van der Waals surface area (Å²) in [6.45, 7) is -0.250. The smallest absolute Gasteiger partial charge is 0.290 e. The molecule has 3 aromatic heterocycles. The minimum absolute atomic E-state index is 0.0155. The molecule has 0 spiro atoms. The Morgan fingerprint density at radius 3 is 2.62 bits per heavy atom. The Bertz CT molecular complexity index is 1360. The summed E-state index contributed by atoms with van der Waals surface area (Å²) in [5.74, 6) is -0.616. The van der Waals surface area contributed by atoms with Crippen molar-refractivity contribution in [3.63, 3.8) is 0 Å². The van der Waals surface area contributed by atoms with Crippen LogP contribution in [0.2, 0.25) is 0 Å². The first-order chi connectivity index (χ1) is 15.3. The van der Waals surface area contributed by atoms with Gasteiger partial charge in [-0.3, -0.25) is 9.78 Å². The molecule has 0 saturated carbocycles. The molecule has 0 fully saturated rings. The fourth-order valence-electron chi connectivity index (χ4n) is 3.16. The zero-order valence-corrected chi connectivity index (χ0v) is 17.8. The molecular formula is C21H20FN5O4S. The number of rotatable bonds is 5. The summed E-state index contributed by atoms with van der Waals surface area (Å²) in [5, 5.41) is 12.1. The summed E-state index contributed by atoms with van der Waals surface area (Å²) in [4.78, 5) is 16.7. The van der Waals surface area contributed by atoms with E-state index in [1.54, 1.807) is 23.1 Å². The number of hydrogen-bond acceptors (Lipinski definition) is 7. The van der Waals surface area contributed by atoms with Crippen LogP contribution in [0.4, 0.5) is 4.39 Å². The molecule has 0 aliphatic carbocycles. The molecule has 0 amide bonds. The third kappa shape index (κ3) is 4.95. The molecule has 11 heteroatoms. The van der Waals surface area contributed by atoms with E-state index >= 15 is 0 Å². The second kappa shape index (κ2) is 9.62. The SMILES string of the molecule is CS(=O)(=O)c1ccc(F)c(C[C@H](N)c2ncccc2-n2ncc3ccccc32)n1.O=CO. The monoisotopic (exact) mass is 457 g/mol. The lowest BCUT2D eigenvalue weighted by Crippen LogP contribution is -2.20. The molecule has 0 aliphatic rings. The first-order valence-electron chi connectivity index (χ1n) is 9.33. The summed E-state index contributed by atoms with van der Waals surface area (Å²) in [6, 6.07) is 12.8. The zero-order chi connectivity index (χ0) is 23.3. The Morgan fingerprint density at radius 1 is 1.19 bits per heavy atom. The maximum Gasteiger partial charge on any atom is 0.290 e. The number of sulfone groups is 1. The number of nitrogens with two attached hydrogens (primary N) is 1. The predicted molar refractivity (Wildman–Crippen MR) is 115 cm³/mol. The largest absolute Gasteiger partial charge is 0.483 e. The highest BCUT2D eigenvalue weighted by Crippen LogP contribution is 2.25. The molecule has 3 heterocycles. The fraction of sp³-hybridized carbons (Fsp3) is 0.143. The van der Waals surface area contributed by atoms with E-state index in [9.17, 15) is 12.8 Å². The van der Waals surface area contributed by atoms with Crippen LogP contribution >= 0.6 is 0 Å². The van der Waals surface area contributed by atoms with Gasteiger partial charge in [0.1, 0.15) is 5.82 Å². The van der Waals surface area contributed by atoms with Gasteiger partial charge in [-0.2, -0.15) is 5.10 Å². The van der Waals surface area contributed by atoms with E-state index in [4.69, 9.17) is 15.6 Å². The van der Waals surface area contributed by atoms with Crippen molar-refractivity contribution in [2.75, 3.05) is 6.26 Å². The molecule has 1 aromatic carbocycles. The number of nitrogens with zero attached hydrogens (tertiary/aromatic N) is 4. The third-order valence-electron chi connectivity index (χ3n) is 4.56. The second-order valence-corrected chi connectivity index (χ2v) is 8.75. The predicted octanol–water partition coefficient (Wildman–Crippen LogP) is 2.30. The minimum Gasteiger partial charge on any atom is -0.483 e. The number of para-hydroxylation sites is 1. The topological polar surface area (TPSA) is 141 Å². The lowest BCUT2D eigenvalue weighted by atomic mass is 10.1. The van der Waals surface area contributed by atoms with Crippen LogP contribution in [-0.2, 0) is 21.1 Å². The van der Waals surface area contributed by atoms with Gasteiger partial charge in [0.25, 0.3) is 6.47 Å². The van der Waals surface area contributed by atoms with Gasteiger partial charge >= 0.3 is 0 Å². The summed E-state index contributed by atoms with van der Waals surface area (Å²) in [7, 11) is -3.56. The molecule has 0 bridgehead atoms. The molecule has 9 nitrogen and oxygen atoms in total. The molecule has 1 atom stereocenters. The van der Waals surface area contributed by atoms with Gasteiger partial charge in [-0.15, -0.1) is 0 Å². The Labute approximate surface area is 183 Å². The van der Waals surface area contributed by atoms with Gasteiger partial charge in [0.15, 0.2) is 14.9 Å². The molecule has 4 aromatic rings. The molecule has 0 radical (unpaired) electrons. The summed E-state index contributed by atoms with van der Waals surface area (Å²) in [6.07, 6.45) is 4.35.